The molecule has 24 heavy (non-hydrogen) atoms. The molecule has 0 aromatic rings. The third-order valence-corrected chi connectivity index (χ3v) is 3.49. The highest BCUT2D eigenvalue weighted by Gasteiger charge is 2.14. The predicted molar refractivity (Wildman–Crippen MR) is 90.0 cm³/mol. The van der Waals surface area contributed by atoms with Crippen molar-refractivity contribution >= 4 is 6.09 Å². The van der Waals surface area contributed by atoms with E-state index < -0.39 is 0 Å². The minimum absolute atomic E-state index is 0.0114. The average molecular weight is 345 g/mol. The van der Waals surface area contributed by atoms with Gasteiger partial charge in [-0.2, -0.15) is 0 Å². The highest BCUT2D eigenvalue weighted by atomic mass is 16.6. The molecule has 1 aliphatic rings. The SMILES string of the molecule is O=C(NCCOCCOCCOCCO)OC1CC/C=C\CCC1. The van der Waals surface area contributed by atoms with E-state index in [0.717, 1.165) is 32.1 Å². The van der Waals surface area contributed by atoms with E-state index in [9.17, 15) is 4.79 Å². The fraction of sp³-hybridized carbons (Fsp3) is 0.824. The van der Waals surface area contributed by atoms with Gasteiger partial charge < -0.3 is 29.4 Å². The predicted octanol–water partition coefficient (Wildman–Crippen LogP) is 1.64. The molecule has 2 N–H and O–H groups in total. The second-order valence-electron chi connectivity index (χ2n) is 5.49. The summed E-state index contributed by atoms with van der Waals surface area (Å²) in [4.78, 5) is 11.7. The molecule has 0 saturated heterocycles. The van der Waals surface area contributed by atoms with Gasteiger partial charge in [-0.05, 0) is 32.1 Å². The summed E-state index contributed by atoms with van der Waals surface area (Å²) >= 11 is 0. The Kier molecular flexibility index (Phi) is 13.4. The molecule has 7 heteroatoms. The number of hydrogen-bond acceptors (Lipinski definition) is 6. The summed E-state index contributed by atoms with van der Waals surface area (Å²) in [5, 5.41) is 11.2. The number of carbonyl (C=O) groups excluding carboxylic acids is 1. The lowest BCUT2D eigenvalue weighted by Gasteiger charge is -2.18. The van der Waals surface area contributed by atoms with Crippen molar-refractivity contribution in [1.29, 1.82) is 0 Å². The molecule has 1 aliphatic carbocycles. The first-order valence-corrected chi connectivity index (χ1v) is 8.76. The molecule has 0 aromatic heterocycles. The van der Waals surface area contributed by atoms with Crippen molar-refractivity contribution in [3.8, 4) is 0 Å². The number of ether oxygens (including phenoxy) is 4. The second-order valence-corrected chi connectivity index (χ2v) is 5.49. The number of carbonyl (C=O) groups is 1. The average Bonchev–Trinajstić information content (AvgIpc) is 2.55. The zero-order chi connectivity index (χ0) is 17.3. The van der Waals surface area contributed by atoms with E-state index >= 15 is 0 Å². The van der Waals surface area contributed by atoms with Crippen LogP contribution in [-0.4, -0.2) is 70.1 Å². The Morgan fingerprint density at radius 1 is 0.958 bits per heavy atom. The fourth-order valence-corrected chi connectivity index (χ4v) is 2.27. The first kappa shape index (κ1) is 20.9. The molecule has 1 rings (SSSR count). The van der Waals surface area contributed by atoms with Crippen molar-refractivity contribution in [2.24, 2.45) is 0 Å². The summed E-state index contributed by atoms with van der Waals surface area (Å²) < 4.78 is 21.1. The maximum Gasteiger partial charge on any atom is 0.407 e. The normalized spacial score (nSPS) is 19.3. The molecule has 0 bridgehead atoms. The number of hydrogen-bond donors (Lipinski definition) is 2. The summed E-state index contributed by atoms with van der Waals surface area (Å²) in [5.41, 5.74) is 0. The van der Waals surface area contributed by atoms with Crippen molar-refractivity contribution in [3.63, 3.8) is 0 Å². The molecule has 0 radical (unpaired) electrons. The van der Waals surface area contributed by atoms with Gasteiger partial charge in [-0.25, -0.2) is 4.79 Å². The highest BCUT2D eigenvalue weighted by Crippen LogP contribution is 2.15. The van der Waals surface area contributed by atoms with Crippen molar-refractivity contribution in [1.82, 2.24) is 5.32 Å². The molecule has 0 aromatic carbocycles. The van der Waals surface area contributed by atoms with Gasteiger partial charge in [-0.15, -0.1) is 0 Å². The third-order valence-electron chi connectivity index (χ3n) is 3.49. The summed E-state index contributed by atoms with van der Waals surface area (Å²) in [7, 11) is 0. The van der Waals surface area contributed by atoms with Crippen molar-refractivity contribution < 1.29 is 28.8 Å². The van der Waals surface area contributed by atoms with Crippen LogP contribution >= 0.6 is 0 Å². The summed E-state index contributed by atoms with van der Waals surface area (Å²) in [6.07, 6.45) is 8.89. The maximum atomic E-state index is 11.7. The van der Waals surface area contributed by atoms with Crippen molar-refractivity contribution in [2.75, 3.05) is 52.8 Å². The van der Waals surface area contributed by atoms with Gasteiger partial charge in [0.2, 0.25) is 0 Å². The molecule has 1 atom stereocenters. The fourth-order valence-electron chi connectivity index (χ4n) is 2.27. The lowest BCUT2D eigenvalue weighted by atomic mass is 10.0. The van der Waals surface area contributed by atoms with Crippen molar-refractivity contribution in [2.45, 2.75) is 38.2 Å². The summed E-state index contributed by atoms with van der Waals surface area (Å²) in [5.74, 6) is 0. The van der Waals surface area contributed by atoms with Crippen LogP contribution in [0, 0.1) is 0 Å². The topological polar surface area (TPSA) is 86.3 Å². The van der Waals surface area contributed by atoms with Crippen LogP contribution in [0.2, 0.25) is 0 Å². The Morgan fingerprint density at radius 3 is 2.38 bits per heavy atom. The van der Waals surface area contributed by atoms with Crippen LogP contribution in [0.3, 0.4) is 0 Å². The number of allylic oxidation sites excluding steroid dienone is 2. The Bertz CT molecular complexity index is 337. The van der Waals surface area contributed by atoms with E-state index in [4.69, 9.17) is 24.1 Å². The van der Waals surface area contributed by atoms with E-state index in [1.165, 1.54) is 0 Å². The van der Waals surface area contributed by atoms with Gasteiger partial charge >= 0.3 is 6.09 Å². The standard InChI is InChI=1S/C17H31NO6/c19-9-11-22-13-15-23-14-12-21-10-8-18-17(20)24-16-6-4-2-1-3-5-7-16/h1-2,16,19H,3-15H2,(H,18,20)/b2-1-. The molecule has 0 heterocycles. The Balaban J connectivity index is 1.88. The van der Waals surface area contributed by atoms with Gasteiger partial charge in [-0.1, -0.05) is 12.2 Å². The minimum atomic E-state index is -0.370. The number of nitrogens with one attached hydrogen (secondary N) is 1. The molecule has 0 fully saturated rings. The summed E-state index contributed by atoms with van der Waals surface area (Å²) in [6, 6.07) is 0. The van der Waals surface area contributed by atoms with Gasteiger partial charge in [-0.3, -0.25) is 0 Å². The molecular weight excluding hydrogens is 314 g/mol. The van der Waals surface area contributed by atoms with E-state index in [-0.39, 0.29) is 18.8 Å². The number of amides is 1. The van der Waals surface area contributed by atoms with Crippen LogP contribution < -0.4 is 5.32 Å². The van der Waals surface area contributed by atoms with Gasteiger partial charge in [0.05, 0.1) is 46.2 Å². The number of aliphatic hydroxyl groups is 1. The van der Waals surface area contributed by atoms with Gasteiger partial charge in [0.15, 0.2) is 0 Å². The van der Waals surface area contributed by atoms with Crippen LogP contribution in [0.15, 0.2) is 12.2 Å². The van der Waals surface area contributed by atoms with E-state index in [1.807, 2.05) is 0 Å². The Morgan fingerprint density at radius 2 is 1.62 bits per heavy atom. The van der Waals surface area contributed by atoms with Gasteiger partial charge in [0.25, 0.3) is 0 Å². The number of rotatable bonds is 12. The van der Waals surface area contributed by atoms with Crippen LogP contribution in [0.1, 0.15) is 32.1 Å². The molecular formula is C17H31NO6. The first-order valence-electron chi connectivity index (χ1n) is 8.76. The largest absolute Gasteiger partial charge is 0.446 e. The molecule has 0 spiro atoms. The zero-order valence-electron chi connectivity index (χ0n) is 14.4. The number of aliphatic hydroxyl groups excluding tert-OH is 1. The molecule has 0 aliphatic heterocycles. The molecule has 1 unspecified atom stereocenters. The van der Waals surface area contributed by atoms with Gasteiger partial charge in [0, 0.05) is 6.54 Å². The van der Waals surface area contributed by atoms with E-state index in [0.29, 0.717) is 46.2 Å². The molecule has 0 saturated carbocycles. The molecule has 7 nitrogen and oxygen atoms in total. The van der Waals surface area contributed by atoms with Gasteiger partial charge in [0.1, 0.15) is 6.10 Å². The monoisotopic (exact) mass is 345 g/mol. The molecule has 140 valence electrons. The summed E-state index contributed by atoms with van der Waals surface area (Å²) in [6.45, 7) is 3.08. The lowest BCUT2D eigenvalue weighted by molar-refractivity contribution is 0.00793. The van der Waals surface area contributed by atoms with Crippen molar-refractivity contribution in [3.05, 3.63) is 12.2 Å². The van der Waals surface area contributed by atoms with Crippen LogP contribution in [0.4, 0.5) is 4.79 Å². The lowest BCUT2D eigenvalue weighted by Crippen LogP contribution is -2.31. The zero-order valence-corrected chi connectivity index (χ0v) is 14.4. The van der Waals surface area contributed by atoms with Crippen LogP contribution in [-0.2, 0) is 18.9 Å². The Hall–Kier alpha value is -1.15. The van der Waals surface area contributed by atoms with E-state index in [1.54, 1.807) is 0 Å². The minimum Gasteiger partial charge on any atom is -0.446 e. The Labute approximate surface area is 144 Å². The quantitative estimate of drug-likeness (QED) is 0.413. The maximum absolute atomic E-state index is 11.7. The second kappa shape index (κ2) is 15.4. The van der Waals surface area contributed by atoms with Crippen LogP contribution in [0.25, 0.3) is 0 Å². The van der Waals surface area contributed by atoms with E-state index in [2.05, 4.69) is 17.5 Å². The first-order chi connectivity index (χ1) is 11.8. The number of alkyl carbamates (subject to hydrolysis) is 1. The molecule has 1 amide bonds. The van der Waals surface area contributed by atoms with Crippen LogP contribution in [0.5, 0.6) is 0 Å². The third kappa shape index (κ3) is 12.3. The highest BCUT2D eigenvalue weighted by molar-refractivity contribution is 5.67. The smallest absolute Gasteiger partial charge is 0.407 e.